The predicted octanol–water partition coefficient (Wildman–Crippen LogP) is 2.08. The van der Waals surface area contributed by atoms with Crippen LogP contribution in [0.3, 0.4) is 0 Å². The number of nitrogens with one attached hydrogen (secondary N) is 1. The Morgan fingerprint density at radius 3 is 2.61 bits per heavy atom. The Kier molecular flexibility index (Phi) is 4.41. The molecule has 0 aliphatic carbocycles. The van der Waals surface area contributed by atoms with Gasteiger partial charge in [-0.3, -0.25) is 5.84 Å². The van der Waals surface area contributed by atoms with Crippen molar-refractivity contribution in [2.45, 2.75) is 17.9 Å². The zero-order chi connectivity index (χ0) is 13.0. The molecule has 18 heavy (non-hydrogen) atoms. The molecule has 0 aliphatic heterocycles. The van der Waals surface area contributed by atoms with Gasteiger partial charge in [0.05, 0.1) is 0 Å². The van der Waals surface area contributed by atoms with E-state index in [9.17, 15) is 0 Å². The largest absolute Gasteiger partial charge is 0.336 e. The number of nitrogens with two attached hydrogens (primary N) is 1. The van der Waals surface area contributed by atoms with E-state index in [0.717, 1.165) is 17.1 Å². The second-order valence-corrected chi connectivity index (χ2v) is 5.34. The molecule has 0 bridgehead atoms. The van der Waals surface area contributed by atoms with Crippen LogP contribution in [-0.4, -0.2) is 15.3 Å². The quantitative estimate of drug-likeness (QED) is 0.492. The van der Waals surface area contributed by atoms with Gasteiger partial charge in [-0.25, -0.2) is 10.4 Å². The van der Waals surface area contributed by atoms with Crippen molar-refractivity contribution in [3.8, 4) is 0 Å². The standard InChI is InChI=1S/C13H18N4S/c1-3-18-11-6-4-10(5-7-11)12(16-14)13-15-8-9-17(13)2/h4-9,12,16H,3,14H2,1-2H3. The number of rotatable bonds is 5. The van der Waals surface area contributed by atoms with Crippen molar-refractivity contribution in [2.24, 2.45) is 12.9 Å². The van der Waals surface area contributed by atoms with Gasteiger partial charge in [-0.05, 0) is 23.4 Å². The molecule has 5 heteroatoms. The van der Waals surface area contributed by atoms with Crippen molar-refractivity contribution < 1.29 is 0 Å². The lowest BCUT2D eigenvalue weighted by Crippen LogP contribution is -2.30. The van der Waals surface area contributed by atoms with E-state index in [1.54, 1.807) is 6.20 Å². The van der Waals surface area contributed by atoms with Crippen molar-refractivity contribution in [1.82, 2.24) is 15.0 Å². The van der Waals surface area contributed by atoms with Gasteiger partial charge in [0, 0.05) is 24.3 Å². The van der Waals surface area contributed by atoms with Crippen molar-refractivity contribution in [1.29, 1.82) is 0 Å². The van der Waals surface area contributed by atoms with Crippen LogP contribution in [0.1, 0.15) is 24.4 Å². The zero-order valence-electron chi connectivity index (χ0n) is 10.6. The molecular weight excluding hydrogens is 244 g/mol. The van der Waals surface area contributed by atoms with Gasteiger partial charge < -0.3 is 4.57 Å². The molecule has 96 valence electrons. The van der Waals surface area contributed by atoms with Gasteiger partial charge in [0.25, 0.3) is 0 Å². The van der Waals surface area contributed by atoms with E-state index in [4.69, 9.17) is 5.84 Å². The normalized spacial score (nSPS) is 12.6. The number of hydrogen-bond acceptors (Lipinski definition) is 4. The average Bonchev–Trinajstić information content (AvgIpc) is 2.79. The first-order chi connectivity index (χ1) is 8.76. The minimum atomic E-state index is -0.0781. The van der Waals surface area contributed by atoms with Crippen LogP contribution in [0.25, 0.3) is 0 Å². The maximum atomic E-state index is 5.65. The molecule has 0 saturated heterocycles. The van der Waals surface area contributed by atoms with E-state index in [0.29, 0.717) is 0 Å². The fourth-order valence-corrected chi connectivity index (χ4v) is 2.56. The minimum Gasteiger partial charge on any atom is -0.336 e. The molecule has 1 aromatic carbocycles. The topological polar surface area (TPSA) is 55.9 Å². The monoisotopic (exact) mass is 262 g/mol. The highest BCUT2D eigenvalue weighted by Gasteiger charge is 2.16. The summed E-state index contributed by atoms with van der Waals surface area (Å²) in [5, 5.41) is 0. The Morgan fingerprint density at radius 1 is 1.39 bits per heavy atom. The minimum absolute atomic E-state index is 0.0781. The van der Waals surface area contributed by atoms with Gasteiger partial charge in [0.1, 0.15) is 11.9 Å². The third-order valence-electron chi connectivity index (χ3n) is 2.81. The van der Waals surface area contributed by atoms with Crippen LogP contribution in [0.4, 0.5) is 0 Å². The van der Waals surface area contributed by atoms with E-state index >= 15 is 0 Å². The first kappa shape index (κ1) is 13.1. The van der Waals surface area contributed by atoms with E-state index in [2.05, 4.69) is 41.6 Å². The number of thioether (sulfide) groups is 1. The Hall–Kier alpha value is -1.30. The summed E-state index contributed by atoms with van der Waals surface area (Å²) in [6, 6.07) is 8.35. The fraction of sp³-hybridized carbons (Fsp3) is 0.308. The molecular formula is C13H18N4S. The van der Waals surface area contributed by atoms with Crippen LogP contribution in [0, 0.1) is 0 Å². The highest BCUT2D eigenvalue weighted by molar-refractivity contribution is 7.99. The Balaban J connectivity index is 2.25. The number of aromatic nitrogens is 2. The molecule has 1 aromatic heterocycles. The molecule has 0 amide bonds. The summed E-state index contributed by atoms with van der Waals surface area (Å²) in [4.78, 5) is 5.61. The maximum Gasteiger partial charge on any atom is 0.131 e. The molecule has 1 atom stereocenters. The molecule has 1 heterocycles. The summed E-state index contributed by atoms with van der Waals surface area (Å²) in [6.07, 6.45) is 3.70. The maximum absolute atomic E-state index is 5.65. The predicted molar refractivity (Wildman–Crippen MR) is 75.2 cm³/mol. The highest BCUT2D eigenvalue weighted by Crippen LogP contribution is 2.23. The summed E-state index contributed by atoms with van der Waals surface area (Å²) < 4.78 is 1.97. The SMILES string of the molecule is CCSc1ccc(C(NN)c2nccn2C)cc1. The van der Waals surface area contributed by atoms with Gasteiger partial charge in [0.2, 0.25) is 0 Å². The number of aryl methyl sites for hydroxylation is 1. The summed E-state index contributed by atoms with van der Waals surface area (Å²) in [5.74, 6) is 7.64. The van der Waals surface area contributed by atoms with Gasteiger partial charge in [-0.2, -0.15) is 0 Å². The fourth-order valence-electron chi connectivity index (χ4n) is 1.90. The molecule has 0 saturated carbocycles. The van der Waals surface area contributed by atoms with Gasteiger partial charge in [0.15, 0.2) is 0 Å². The van der Waals surface area contributed by atoms with E-state index in [-0.39, 0.29) is 6.04 Å². The third kappa shape index (κ3) is 2.75. The molecule has 4 nitrogen and oxygen atoms in total. The second-order valence-electron chi connectivity index (χ2n) is 4.00. The van der Waals surface area contributed by atoms with Crippen LogP contribution in [0.15, 0.2) is 41.6 Å². The molecule has 2 aromatic rings. The third-order valence-corrected chi connectivity index (χ3v) is 3.70. The number of nitrogens with zero attached hydrogens (tertiary/aromatic N) is 2. The first-order valence-electron chi connectivity index (χ1n) is 5.92. The number of benzene rings is 1. The van der Waals surface area contributed by atoms with Crippen molar-refractivity contribution >= 4 is 11.8 Å². The lowest BCUT2D eigenvalue weighted by molar-refractivity contribution is 0.579. The van der Waals surface area contributed by atoms with Crippen LogP contribution in [0.2, 0.25) is 0 Å². The lowest BCUT2D eigenvalue weighted by Gasteiger charge is -2.16. The van der Waals surface area contributed by atoms with Gasteiger partial charge >= 0.3 is 0 Å². The highest BCUT2D eigenvalue weighted by atomic mass is 32.2. The summed E-state index contributed by atoms with van der Waals surface area (Å²) in [7, 11) is 1.97. The van der Waals surface area contributed by atoms with Crippen LogP contribution in [0.5, 0.6) is 0 Å². The van der Waals surface area contributed by atoms with Gasteiger partial charge in [-0.1, -0.05) is 19.1 Å². The molecule has 0 radical (unpaired) electrons. The molecule has 0 aliphatic rings. The number of imidazole rings is 1. The molecule has 3 N–H and O–H groups in total. The number of hydrazine groups is 1. The summed E-state index contributed by atoms with van der Waals surface area (Å²) in [5.41, 5.74) is 3.94. The van der Waals surface area contributed by atoms with Crippen LogP contribution >= 0.6 is 11.8 Å². The smallest absolute Gasteiger partial charge is 0.131 e. The lowest BCUT2D eigenvalue weighted by atomic mass is 10.1. The zero-order valence-corrected chi connectivity index (χ0v) is 11.4. The van der Waals surface area contributed by atoms with Crippen molar-refractivity contribution in [3.05, 3.63) is 48.0 Å². The average molecular weight is 262 g/mol. The summed E-state index contributed by atoms with van der Waals surface area (Å²) >= 11 is 1.83. The first-order valence-corrected chi connectivity index (χ1v) is 6.91. The van der Waals surface area contributed by atoms with Crippen molar-refractivity contribution in [3.63, 3.8) is 0 Å². The molecule has 0 fully saturated rings. The number of hydrogen-bond donors (Lipinski definition) is 2. The van der Waals surface area contributed by atoms with E-state index in [1.165, 1.54) is 4.90 Å². The summed E-state index contributed by atoms with van der Waals surface area (Å²) in [6.45, 7) is 2.15. The van der Waals surface area contributed by atoms with Crippen LogP contribution < -0.4 is 11.3 Å². The Bertz CT molecular complexity index is 492. The van der Waals surface area contributed by atoms with Crippen molar-refractivity contribution in [2.75, 3.05) is 5.75 Å². The molecule has 1 unspecified atom stereocenters. The molecule has 2 rings (SSSR count). The van der Waals surface area contributed by atoms with Gasteiger partial charge in [-0.15, -0.1) is 11.8 Å². The van der Waals surface area contributed by atoms with E-state index < -0.39 is 0 Å². The second kappa shape index (κ2) is 6.04. The Labute approximate surface area is 112 Å². The Morgan fingerprint density at radius 2 is 2.11 bits per heavy atom. The molecule has 0 spiro atoms. The van der Waals surface area contributed by atoms with Crippen LogP contribution in [-0.2, 0) is 7.05 Å². The van der Waals surface area contributed by atoms with E-state index in [1.807, 2.05) is 29.6 Å².